The van der Waals surface area contributed by atoms with Gasteiger partial charge < -0.3 is 14.6 Å². The molecule has 0 radical (unpaired) electrons. The molecule has 162 valence electrons. The van der Waals surface area contributed by atoms with E-state index in [9.17, 15) is 24.0 Å². The van der Waals surface area contributed by atoms with E-state index in [0.717, 1.165) is 11.1 Å². The summed E-state index contributed by atoms with van der Waals surface area (Å²) in [6.45, 7) is 0.0157. The number of carboxylic acid groups (broad SMARTS) is 1. The number of amides is 2. The highest BCUT2D eigenvalue weighted by Crippen LogP contribution is 2.13. The normalized spacial score (nSPS) is 12.5. The molecule has 0 spiro atoms. The van der Waals surface area contributed by atoms with Crippen LogP contribution in [0.2, 0.25) is 0 Å². The summed E-state index contributed by atoms with van der Waals surface area (Å²) in [6, 6.07) is 17.9. The largest absolute Gasteiger partial charge is 0.534 e. The van der Waals surface area contributed by atoms with Crippen LogP contribution in [0.4, 0.5) is 4.79 Å². The lowest BCUT2D eigenvalue weighted by Gasteiger charge is -2.12. The number of imide groups is 1. The van der Waals surface area contributed by atoms with Crippen LogP contribution >= 0.6 is 0 Å². The Morgan fingerprint density at radius 2 is 1.23 bits per heavy atom. The first kappa shape index (κ1) is 23.1. The average Bonchev–Trinajstić information content (AvgIpc) is 3.10. The number of hydrogen-bond donors (Lipinski definition) is 1. The number of aliphatic carboxylic acids is 1. The molecule has 1 fully saturated rings. The lowest BCUT2D eigenvalue weighted by Crippen LogP contribution is -2.32. The summed E-state index contributed by atoms with van der Waals surface area (Å²) in [4.78, 5) is 58.7. The van der Waals surface area contributed by atoms with E-state index in [0.29, 0.717) is 5.06 Å². The molecule has 10 heteroatoms. The molecule has 1 aliphatic heterocycles. The average molecular weight is 429 g/mol. The lowest BCUT2D eigenvalue weighted by atomic mass is 10.2. The van der Waals surface area contributed by atoms with Crippen LogP contribution in [-0.2, 0) is 46.7 Å². The van der Waals surface area contributed by atoms with Gasteiger partial charge in [0.1, 0.15) is 13.2 Å². The fourth-order valence-corrected chi connectivity index (χ4v) is 2.26. The van der Waals surface area contributed by atoms with Crippen LogP contribution in [0.15, 0.2) is 60.7 Å². The molecule has 31 heavy (non-hydrogen) atoms. The van der Waals surface area contributed by atoms with E-state index in [1.54, 1.807) is 48.5 Å². The van der Waals surface area contributed by atoms with Crippen LogP contribution in [0.5, 0.6) is 0 Å². The molecule has 10 nitrogen and oxygen atoms in total. The van der Waals surface area contributed by atoms with Gasteiger partial charge in [0.15, 0.2) is 0 Å². The smallest absolute Gasteiger partial charge is 0.473 e. The van der Waals surface area contributed by atoms with Gasteiger partial charge in [-0.3, -0.25) is 14.4 Å². The minimum Gasteiger partial charge on any atom is -0.473 e. The van der Waals surface area contributed by atoms with Gasteiger partial charge in [-0.1, -0.05) is 65.7 Å². The van der Waals surface area contributed by atoms with Crippen molar-refractivity contribution in [1.82, 2.24) is 5.06 Å². The summed E-state index contributed by atoms with van der Waals surface area (Å²) in [6.07, 6.45) is -0.947. The van der Waals surface area contributed by atoms with Crippen LogP contribution in [-0.4, -0.2) is 40.1 Å². The first-order valence-corrected chi connectivity index (χ1v) is 9.05. The third-order valence-electron chi connectivity index (χ3n) is 3.76. The maximum absolute atomic E-state index is 11.3. The Morgan fingerprint density at radius 1 is 0.774 bits per heavy atom. The Kier molecular flexibility index (Phi) is 8.72. The zero-order valence-corrected chi connectivity index (χ0v) is 16.3. The molecular formula is C21H19NO9. The van der Waals surface area contributed by atoms with Crippen molar-refractivity contribution in [2.75, 3.05) is 0 Å². The molecular weight excluding hydrogens is 410 g/mol. The minimum absolute atomic E-state index is 0.00796. The summed E-state index contributed by atoms with van der Waals surface area (Å²) in [5.41, 5.74) is 1.55. The van der Waals surface area contributed by atoms with E-state index in [1.165, 1.54) is 0 Å². The van der Waals surface area contributed by atoms with Gasteiger partial charge in [-0.05, 0) is 11.1 Å². The number of carbonyl (C=O) groups excluding carboxylic acids is 4. The van der Waals surface area contributed by atoms with Crippen molar-refractivity contribution in [2.45, 2.75) is 26.1 Å². The van der Waals surface area contributed by atoms with Crippen molar-refractivity contribution in [3.8, 4) is 0 Å². The molecule has 0 saturated carbocycles. The molecule has 0 atom stereocenters. The number of nitrogens with zero attached hydrogens (tertiary/aromatic N) is 1. The van der Waals surface area contributed by atoms with E-state index in [1.807, 2.05) is 12.1 Å². The molecule has 2 aromatic carbocycles. The second kappa shape index (κ2) is 11.7. The molecule has 0 bridgehead atoms. The van der Waals surface area contributed by atoms with Crippen molar-refractivity contribution in [3.63, 3.8) is 0 Å². The maximum Gasteiger partial charge on any atom is 0.534 e. The molecule has 1 N–H and O–H groups in total. The predicted octanol–water partition coefficient (Wildman–Crippen LogP) is 2.22. The van der Waals surface area contributed by atoms with Gasteiger partial charge in [0.05, 0.1) is 0 Å². The highest BCUT2D eigenvalue weighted by molar-refractivity contribution is 6.28. The minimum atomic E-state index is -1.57. The molecule has 1 aliphatic rings. The third-order valence-corrected chi connectivity index (χ3v) is 3.76. The Morgan fingerprint density at radius 3 is 1.68 bits per heavy atom. The fraction of sp³-hybridized carbons (Fsp3) is 0.190. The van der Waals surface area contributed by atoms with Crippen molar-refractivity contribution in [2.24, 2.45) is 0 Å². The number of ether oxygens (including phenoxy) is 2. The summed E-state index contributed by atoms with van der Waals surface area (Å²) in [5.74, 6) is -3.87. The fourth-order valence-electron chi connectivity index (χ4n) is 2.26. The van der Waals surface area contributed by atoms with E-state index in [-0.39, 0.29) is 26.1 Å². The van der Waals surface area contributed by atoms with Crippen molar-refractivity contribution in [3.05, 3.63) is 71.8 Å². The van der Waals surface area contributed by atoms with Crippen LogP contribution in [0.25, 0.3) is 0 Å². The number of rotatable bonds is 5. The quantitative estimate of drug-likeness (QED) is 0.431. The number of hydroxylamine groups is 2. The van der Waals surface area contributed by atoms with E-state index < -0.39 is 29.9 Å². The lowest BCUT2D eigenvalue weighted by molar-refractivity contribution is -0.177. The zero-order chi connectivity index (χ0) is 22.6. The molecule has 1 heterocycles. The number of benzene rings is 2. The first-order chi connectivity index (χ1) is 14.9. The van der Waals surface area contributed by atoms with Crippen molar-refractivity contribution < 1.29 is 43.4 Å². The molecule has 2 aromatic rings. The molecule has 3 rings (SSSR count). The number of carboxylic acids is 1. The van der Waals surface area contributed by atoms with Crippen LogP contribution in [0.3, 0.4) is 0 Å². The van der Waals surface area contributed by atoms with Crippen LogP contribution in [0, 0.1) is 0 Å². The molecule has 0 aromatic heterocycles. The molecule has 0 aliphatic carbocycles. The Balaban J connectivity index is 0.000000233. The Bertz CT molecular complexity index is 912. The van der Waals surface area contributed by atoms with Crippen LogP contribution in [0.1, 0.15) is 24.0 Å². The monoisotopic (exact) mass is 429 g/mol. The SMILES string of the molecule is O=C(O)C(=O)OCc1ccccc1.O=C(OCc1ccccc1)ON1C(=O)CCC1=O. The van der Waals surface area contributed by atoms with Crippen molar-refractivity contribution >= 4 is 29.9 Å². The summed E-state index contributed by atoms with van der Waals surface area (Å²) >= 11 is 0. The standard InChI is InChI=1S/C12H11NO5.C9H8O4/c14-10-6-7-11(15)13(10)18-12(16)17-8-9-4-2-1-3-5-9;10-8(11)9(12)13-6-7-4-2-1-3-5-7/h1-5H,6-8H2;1-5H,6H2,(H,10,11). The summed E-state index contributed by atoms with van der Waals surface area (Å²) in [5, 5.41) is 8.64. The molecule has 1 saturated heterocycles. The number of carbonyl (C=O) groups is 5. The highest BCUT2D eigenvalue weighted by Gasteiger charge is 2.33. The second-order valence-electron chi connectivity index (χ2n) is 6.06. The van der Waals surface area contributed by atoms with Gasteiger partial charge >= 0.3 is 18.1 Å². The first-order valence-electron chi connectivity index (χ1n) is 9.05. The van der Waals surface area contributed by atoms with Gasteiger partial charge in [-0.2, -0.15) is 0 Å². The Labute approximate surface area is 176 Å². The van der Waals surface area contributed by atoms with Gasteiger partial charge in [0.2, 0.25) is 0 Å². The van der Waals surface area contributed by atoms with E-state index >= 15 is 0 Å². The molecule has 0 unspecified atom stereocenters. The summed E-state index contributed by atoms with van der Waals surface area (Å²) < 4.78 is 9.23. The Hall–Kier alpha value is -4.21. The number of hydrogen-bond acceptors (Lipinski definition) is 8. The summed E-state index contributed by atoms with van der Waals surface area (Å²) in [7, 11) is 0. The van der Waals surface area contributed by atoms with Gasteiger partial charge in [-0.25, -0.2) is 14.4 Å². The predicted molar refractivity (Wildman–Crippen MR) is 103 cm³/mol. The van der Waals surface area contributed by atoms with Gasteiger partial charge in [-0.15, -0.1) is 0 Å². The second-order valence-corrected chi connectivity index (χ2v) is 6.06. The maximum atomic E-state index is 11.3. The number of esters is 1. The van der Waals surface area contributed by atoms with Gasteiger partial charge in [0.25, 0.3) is 11.8 Å². The van der Waals surface area contributed by atoms with E-state index in [4.69, 9.17) is 9.84 Å². The van der Waals surface area contributed by atoms with E-state index in [2.05, 4.69) is 9.57 Å². The third kappa shape index (κ3) is 7.97. The molecule has 2 amide bonds. The topological polar surface area (TPSA) is 137 Å². The van der Waals surface area contributed by atoms with Crippen LogP contribution < -0.4 is 0 Å². The van der Waals surface area contributed by atoms with Crippen molar-refractivity contribution in [1.29, 1.82) is 0 Å². The van der Waals surface area contributed by atoms with Gasteiger partial charge in [0, 0.05) is 12.8 Å². The zero-order valence-electron chi connectivity index (χ0n) is 16.3. The highest BCUT2D eigenvalue weighted by atomic mass is 16.8.